The van der Waals surface area contributed by atoms with E-state index in [1.165, 1.54) is 5.56 Å². The maximum atomic E-state index is 9.41. The third kappa shape index (κ3) is 3.81. The topological polar surface area (TPSA) is 23.5 Å². The SMILES string of the molecule is CN(Cc1ccc(Br)cc1)c1cc(Br)ccc1CO. The van der Waals surface area contributed by atoms with E-state index >= 15 is 0 Å². The Hall–Kier alpha value is -0.840. The zero-order chi connectivity index (χ0) is 13.8. The molecule has 2 aromatic carbocycles. The van der Waals surface area contributed by atoms with Crippen molar-refractivity contribution in [2.45, 2.75) is 13.2 Å². The van der Waals surface area contributed by atoms with E-state index in [-0.39, 0.29) is 6.61 Å². The number of aliphatic hydroxyl groups is 1. The number of hydrogen-bond acceptors (Lipinski definition) is 2. The molecule has 1 N–H and O–H groups in total. The number of hydrogen-bond donors (Lipinski definition) is 1. The quantitative estimate of drug-likeness (QED) is 0.847. The first-order valence-electron chi connectivity index (χ1n) is 5.95. The second-order valence-electron chi connectivity index (χ2n) is 4.41. The normalized spacial score (nSPS) is 10.5. The Kier molecular flexibility index (Phi) is 5.02. The smallest absolute Gasteiger partial charge is 0.0702 e. The van der Waals surface area contributed by atoms with Gasteiger partial charge in [0.15, 0.2) is 0 Å². The average molecular weight is 385 g/mol. The fourth-order valence-electron chi connectivity index (χ4n) is 1.97. The Bertz CT molecular complexity index is 555. The zero-order valence-electron chi connectivity index (χ0n) is 10.6. The predicted octanol–water partition coefficient (Wildman–Crippen LogP) is 4.34. The zero-order valence-corrected chi connectivity index (χ0v) is 13.8. The summed E-state index contributed by atoms with van der Waals surface area (Å²) in [4.78, 5) is 2.14. The highest BCUT2D eigenvalue weighted by Gasteiger charge is 2.08. The number of benzene rings is 2. The Morgan fingerprint density at radius 2 is 1.63 bits per heavy atom. The lowest BCUT2D eigenvalue weighted by Gasteiger charge is -2.22. The molecule has 0 atom stereocenters. The third-order valence-electron chi connectivity index (χ3n) is 2.96. The van der Waals surface area contributed by atoms with Crippen molar-refractivity contribution in [1.29, 1.82) is 0 Å². The lowest BCUT2D eigenvalue weighted by atomic mass is 10.1. The molecule has 0 saturated heterocycles. The average Bonchev–Trinajstić information content (AvgIpc) is 2.41. The van der Waals surface area contributed by atoms with E-state index in [2.05, 4.69) is 48.9 Å². The molecular formula is C15H15Br2NO. The Morgan fingerprint density at radius 3 is 2.26 bits per heavy atom. The monoisotopic (exact) mass is 383 g/mol. The molecule has 0 saturated carbocycles. The van der Waals surface area contributed by atoms with E-state index in [1.807, 2.05) is 37.4 Å². The number of halogens is 2. The van der Waals surface area contributed by atoms with Crippen LogP contribution in [0.15, 0.2) is 51.4 Å². The van der Waals surface area contributed by atoms with Crippen molar-refractivity contribution in [2.24, 2.45) is 0 Å². The molecule has 0 unspecified atom stereocenters. The molecule has 19 heavy (non-hydrogen) atoms. The van der Waals surface area contributed by atoms with Crippen molar-refractivity contribution in [1.82, 2.24) is 0 Å². The first-order chi connectivity index (χ1) is 9.10. The van der Waals surface area contributed by atoms with Gasteiger partial charge in [-0.25, -0.2) is 0 Å². The Balaban J connectivity index is 2.21. The molecule has 2 aromatic rings. The number of nitrogens with zero attached hydrogens (tertiary/aromatic N) is 1. The van der Waals surface area contributed by atoms with Crippen LogP contribution < -0.4 is 4.90 Å². The van der Waals surface area contributed by atoms with Gasteiger partial charge in [-0.05, 0) is 29.8 Å². The van der Waals surface area contributed by atoms with Gasteiger partial charge in [-0.2, -0.15) is 0 Å². The molecule has 0 aliphatic carbocycles. The minimum atomic E-state index is 0.0489. The fourth-order valence-corrected chi connectivity index (χ4v) is 2.59. The van der Waals surface area contributed by atoms with Crippen LogP contribution in [0.5, 0.6) is 0 Å². The largest absolute Gasteiger partial charge is 0.392 e. The summed E-state index contributed by atoms with van der Waals surface area (Å²) >= 11 is 6.91. The van der Waals surface area contributed by atoms with E-state index in [0.717, 1.165) is 26.7 Å². The molecule has 0 heterocycles. The molecule has 0 bridgehead atoms. The summed E-state index contributed by atoms with van der Waals surface area (Å²) in [5, 5.41) is 9.41. The van der Waals surface area contributed by atoms with Crippen LogP contribution in [0.3, 0.4) is 0 Å². The van der Waals surface area contributed by atoms with Crippen LogP contribution in [0.4, 0.5) is 5.69 Å². The van der Waals surface area contributed by atoms with Crippen LogP contribution >= 0.6 is 31.9 Å². The van der Waals surface area contributed by atoms with Gasteiger partial charge in [0, 0.05) is 33.8 Å². The van der Waals surface area contributed by atoms with E-state index in [4.69, 9.17) is 0 Å². The van der Waals surface area contributed by atoms with Crippen LogP contribution in [0.25, 0.3) is 0 Å². The van der Waals surface area contributed by atoms with Gasteiger partial charge in [-0.15, -0.1) is 0 Å². The van der Waals surface area contributed by atoms with Crippen molar-refractivity contribution in [3.05, 3.63) is 62.5 Å². The van der Waals surface area contributed by atoms with Gasteiger partial charge in [0.2, 0.25) is 0 Å². The predicted molar refractivity (Wildman–Crippen MR) is 86.3 cm³/mol. The van der Waals surface area contributed by atoms with Crippen molar-refractivity contribution >= 4 is 37.5 Å². The van der Waals surface area contributed by atoms with E-state index in [9.17, 15) is 5.11 Å². The second kappa shape index (κ2) is 6.55. The van der Waals surface area contributed by atoms with Crippen molar-refractivity contribution < 1.29 is 5.11 Å². The first-order valence-corrected chi connectivity index (χ1v) is 7.53. The molecule has 100 valence electrons. The van der Waals surface area contributed by atoms with Crippen LogP contribution in [-0.4, -0.2) is 12.2 Å². The van der Waals surface area contributed by atoms with Crippen molar-refractivity contribution in [2.75, 3.05) is 11.9 Å². The summed E-state index contributed by atoms with van der Waals surface area (Å²) in [6, 6.07) is 14.2. The number of anilines is 1. The van der Waals surface area contributed by atoms with Gasteiger partial charge in [0.05, 0.1) is 6.61 Å². The summed E-state index contributed by atoms with van der Waals surface area (Å²) in [5.74, 6) is 0. The molecule has 0 fully saturated rings. The molecule has 0 radical (unpaired) electrons. The number of rotatable bonds is 4. The Labute approximate surface area is 130 Å². The maximum Gasteiger partial charge on any atom is 0.0702 e. The fraction of sp³-hybridized carbons (Fsp3) is 0.200. The van der Waals surface area contributed by atoms with Gasteiger partial charge in [0.25, 0.3) is 0 Å². The minimum absolute atomic E-state index is 0.0489. The van der Waals surface area contributed by atoms with Crippen LogP contribution in [0.1, 0.15) is 11.1 Å². The molecule has 0 spiro atoms. The first kappa shape index (κ1) is 14.6. The third-order valence-corrected chi connectivity index (χ3v) is 3.98. The summed E-state index contributed by atoms with van der Waals surface area (Å²) in [6.45, 7) is 0.851. The maximum absolute atomic E-state index is 9.41. The van der Waals surface area contributed by atoms with Gasteiger partial charge < -0.3 is 10.0 Å². The van der Waals surface area contributed by atoms with Gasteiger partial charge in [-0.1, -0.05) is 50.1 Å². The molecule has 0 aliphatic rings. The molecule has 2 nitrogen and oxygen atoms in total. The van der Waals surface area contributed by atoms with Gasteiger partial charge >= 0.3 is 0 Å². The molecular weight excluding hydrogens is 370 g/mol. The van der Waals surface area contributed by atoms with E-state index < -0.39 is 0 Å². The van der Waals surface area contributed by atoms with Gasteiger partial charge in [-0.3, -0.25) is 0 Å². The Morgan fingerprint density at radius 1 is 1.00 bits per heavy atom. The molecule has 0 amide bonds. The minimum Gasteiger partial charge on any atom is -0.392 e. The molecule has 4 heteroatoms. The van der Waals surface area contributed by atoms with E-state index in [0.29, 0.717) is 0 Å². The molecule has 0 aromatic heterocycles. The molecule has 0 aliphatic heterocycles. The van der Waals surface area contributed by atoms with Crippen molar-refractivity contribution in [3.8, 4) is 0 Å². The highest BCUT2D eigenvalue weighted by molar-refractivity contribution is 9.10. The second-order valence-corrected chi connectivity index (χ2v) is 6.25. The number of aliphatic hydroxyl groups excluding tert-OH is 1. The van der Waals surface area contributed by atoms with Crippen LogP contribution in [0.2, 0.25) is 0 Å². The lowest BCUT2D eigenvalue weighted by Crippen LogP contribution is -2.18. The lowest BCUT2D eigenvalue weighted by molar-refractivity contribution is 0.282. The standard InChI is InChI=1S/C15H15Br2NO/c1-18(9-11-2-5-13(16)6-3-11)15-8-14(17)7-4-12(15)10-19/h2-8,19H,9-10H2,1H3. The van der Waals surface area contributed by atoms with Crippen LogP contribution in [0, 0.1) is 0 Å². The molecule has 2 rings (SSSR count). The summed E-state index contributed by atoms with van der Waals surface area (Å²) in [7, 11) is 2.03. The summed E-state index contributed by atoms with van der Waals surface area (Å²) < 4.78 is 2.10. The summed E-state index contributed by atoms with van der Waals surface area (Å²) in [6.07, 6.45) is 0. The van der Waals surface area contributed by atoms with Crippen LogP contribution in [-0.2, 0) is 13.2 Å². The summed E-state index contributed by atoms with van der Waals surface area (Å²) in [5.41, 5.74) is 3.21. The highest BCUT2D eigenvalue weighted by Crippen LogP contribution is 2.26. The highest BCUT2D eigenvalue weighted by atomic mass is 79.9. The van der Waals surface area contributed by atoms with Crippen molar-refractivity contribution in [3.63, 3.8) is 0 Å². The van der Waals surface area contributed by atoms with E-state index in [1.54, 1.807) is 0 Å². The van der Waals surface area contributed by atoms with Gasteiger partial charge in [0.1, 0.15) is 0 Å².